The normalized spacial score (nSPS) is 12.6. The highest BCUT2D eigenvalue weighted by Gasteiger charge is 2.05. The van der Waals surface area contributed by atoms with E-state index in [1.807, 2.05) is 7.05 Å². The Labute approximate surface area is 103 Å². The number of aryl methyl sites for hydroxylation is 1. The summed E-state index contributed by atoms with van der Waals surface area (Å²) in [5.41, 5.74) is 4.07. The Bertz CT molecular complexity index is 485. The summed E-state index contributed by atoms with van der Waals surface area (Å²) in [6, 6.07) is 11.1. The van der Waals surface area contributed by atoms with Crippen molar-refractivity contribution in [1.29, 1.82) is 0 Å². The van der Waals surface area contributed by atoms with Crippen LogP contribution in [0.3, 0.4) is 0 Å². The zero-order valence-electron chi connectivity index (χ0n) is 10.8. The second kappa shape index (κ2) is 5.19. The molecular formula is C15H20N2. The Morgan fingerprint density at radius 1 is 1.24 bits per heavy atom. The van der Waals surface area contributed by atoms with Crippen molar-refractivity contribution in [3.05, 3.63) is 59.4 Å². The number of aromatic nitrogens is 1. The van der Waals surface area contributed by atoms with Gasteiger partial charge in [0.1, 0.15) is 0 Å². The first-order valence-electron chi connectivity index (χ1n) is 6.08. The lowest BCUT2D eigenvalue weighted by atomic mass is 10.1. The number of rotatable bonds is 4. The van der Waals surface area contributed by atoms with E-state index in [1.165, 1.54) is 16.7 Å². The van der Waals surface area contributed by atoms with Crippen LogP contribution in [0.25, 0.3) is 0 Å². The highest BCUT2D eigenvalue weighted by atomic mass is 14.9. The molecule has 0 aliphatic rings. The van der Waals surface area contributed by atoms with Crippen molar-refractivity contribution >= 4 is 0 Å². The summed E-state index contributed by atoms with van der Waals surface area (Å²) in [7, 11) is 1.99. The van der Waals surface area contributed by atoms with Crippen LogP contribution in [-0.2, 0) is 6.54 Å². The van der Waals surface area contributed by atoms with Gasteiger partial charge in [0, 0.05) is 25.0 Å². The van der Waals surface area contributed by atoms with Crippen molar-refractivity contribution in [2.75, 3.05) is 7.05 Å². The van der Waals surface area contributed by atoms with E-state index in [1.54, 1.807) is 0 Å². The van der Waals surface area contributed by atoms with Gasteiger partial charge in [-0.15, -0.1) is 0 Å². The lowest BCUT2D eigenvalue weighted by Crippen LogP contribution is -2.11. The van der Waals surface area contributed by atoms with Gasteiger partial charge in [-0.3, -0.25) is 0 Å². The van der Waals surface area contributed by atoms with Crippen molar-refractivity contribution in [2.45, 2.75) is 26.4 Å². The summed E-state index contributed by atoms with van der Waals surface area (Å²) in [4.78, 5) is 0. The van der Waals surface area contributed by atoms with Crippen LogP contribution in [0.5, 0.6) is 0 Å². The number of nitrogens with one attached hydrogen (secondary N) is 1. The van der Waals surface area contributed by atoms with Crippen LogP contribution < -0.4 is 5.32 Å². The van der Waals surface area contributed by atoms with Crippen LogP contribution in [0, 0.1) is 6.92 Å². The third kappa shape index (κ3) is 2.77. The van der Waals surface area contributed by atoms with E-state index in [9.17, 15) is 0 Å². The lowest BCUT2D eigenvalue weighted by molar-refractivity contribution is 0.649. The summed E-state index contributed by atoms with van der Waals surface area (Å²) >= 11 is 0. The van der Waals surface area contributed by atoms with E-state index in [-0.39, 0.29) is 0 Å². The first-order valence-corrected chi connectivity index (χ1v) is 6.08. The molecule has 1 heterocycles. The Morgan fingerprint density at radius 3 is 2.71 bits per heavy atom. The largest absolute Gasteiger partial charge is 0.350 e. The molecule has 0 aliphatic carbocycles. The molecule has 1 unspecified atom stereocenters. The topological polar surface area (TPSA) is 17.0 Å². The first kappa shape index (κ1) is 11.9. The SMILES string of the molecule is CNC(C)c1ccn(Cc2ccccc2C)c1. The summed E-state index contributed by atoms with van der Waals surface area (Å²) in [5.74, 6) is 0. The smallest absolute Gasteiger partial charge is 0.0472 e. The number of hydrogen-bond donors (Lipinski definition) is 1. The molecule has 0 saturated carbocycles. The second-order valence-electron chi connectivity index (χ2n) is 4.55. The standard InChI is InChI=1S/C15H20N2/c1-12-6-4-5-7-14(12)10-17-9-8-15(11-17)13(2)16-3/h4-9,11,13,16H,10H2,1-3H3. The fourth-order valence-corrected chi connectivity index (χ4v) is 1.96. The van der Waals surface area contributed by atoms with E-state index in [4.69, 9.17) is 0 Å². The predicted molar refractivity (Wildman–Crippen MR) is 72.2 cm³/mol. The van der Waals surface area contributed by atoms with E-state index in [0.29, 0.717) is 6.04 Å². The average molecular weight is 228 g/mol. The van der Waals surface area contributed by atoms with Crippen LogP contribution in [0.15, 0.2) is 42.7 Å². The van der Waals surface area contributed by atoms with Crippen molar-refractivity contribution in [3.63, 3.8) is 0 Å². The van der Waals surface area contributed by atoms with Crippen LogP contribution in [-0.4, -0.2) is 11.6 Å². The summed E-state index contributed by atoms with van der Waals surface area (Å²) in [6.07, 6.45) is 4.36. The molecule has 2 aromatic rings. The van der Waals surface area contributed by atoms with E-state index in [2.05, 4.69) is 66.5 Å². The molecule has 0 radical (unpaired) electrons. The van der Waals surface area contributed by atoms with Gasteiger partial charge >= 0.3 is 0 Å². The van der Waals surface area contributed by atoms with Crippen molar-refractivity contribution < 1.29 is 0 Å². The van der Waals surface area contributed by atoms with Gasteiger partial charge in [-0.2, -0.15) is 0 Å². The molecule has 90 valence electrons. The highest BCUT2D eigenvalue weighted by Crippen LogP contribution is 2.14. The molecule has 2 rings (SSSR count). The van der Waals surface area contributed by atoms with Crippen molar-refractivity contribution in [3.8, 4) is 0 Å². The number of benzene rings is 1. The maximum Gasteiger partial charge on any atom is 0.0472 e. The molecule has 0 bridgehead atoms. The zero-order valence-corrected chi connectivity index (χ0v) is 10.8. The van der Waals surface area contributed by atoms with Gasteiger partial charge in [0.15, 0.2) is 0 Å². The summed E-state index contributed by atoms with van der Waals surface area (Å²) in [6.45, 7) is 5.28. The quantitative estimate of drug-likeness (QED) is 0.850. The third-order valence-electron chi connectivity index (χ3n) is 3.32. The molecule has 0 spiro atoms. The Morgan fingerprint density at radius 2 is 2.00 bits per heavy atom. The van der Waals surface area contributed by atoms with Gasteiger partial charge in [0.2, 0.25) is 0 Å². The molecule has 1 aromatic heterocycles. The third-order valence-corrected chi connectivity index (χ3v) is 3.32. The summed E-state index contributed by atoms with van der Waals surface area (Å²) in [5, 5.41) is 3.26. The summed E-state index contributed by atoms with van der Waals surface area (Å²) < 4.78 is 2.24. The fourth-order valence-electron chi connectivity index (χ4n) is 1.96. The Kier molecular flexibility index (Phi) is 3.64. The second-order valence-corrected chi connectivity index (χ2v) is 4.55. The molecule has 1 atom stereocenters. The molecular weight excluding hydrogens is 208 g/mol. The molecule has 0 amide bonds. The first-order chi connectivity index (χ1) is 8.20. The van der Waals surface area contributed by atoms with Crippen molar-refractivity contribution in [1.82, 2.24) is 9.88 Å². The monoisotopic (exact) mass is 228 g/mol. The molecule has 1 aromatic carbocycles. The molecule has 1 N–H and O–H groups in total. The average Bonchev–Trinajstić information content (AvgIpc) is 2.80. The van der Waals surface area contributed by atoms with E-state index < -0.39 is 0 Å². The van der Waals surface area contributed by atoms with Gasteiger partial charge in [0.05, 0.1) is 0 Å². The van der Waals surface area contributed by atoms with E-state index in [0.717, 1.165) is 6.54 Å². The maximum absolute atomic E-state index is 3.26. The van der Waals surface area contributed by atoms with Gasteiger partial charge in [-0.1, -0.05) is 24.3 Å². The minimum Gasteiger partial charge on any atom is -0.350 e. The van der Waals surface area contributed by atoms with Crippen molar-refractivity contribution in [2.24, 2.45) is 0 Å². The van der Waals surface area contributed by atoms with Gasteiger partial charge in [-0.05, 0) is 43.7 Å². The van der Waals surface area contributed by atoms with Gasteiger partial charge in [-0.25, -0.2) is 0 Å². The zero-order chi connectivity index (χ0) is 12.3. The Hall–Kier alpha value is -1.54. The molecule has 2 nitrogen and oxygen atoms in total. The van der Waals surface area contributed by atoms with Gasteiger partial charge < -0.3 is 9.88 Å². The molecule has 17 heavy (non-hydrogen) atoms. The van der Waals surface area contributed by atoms with Crippen LogP contribution in [0.2, 0.25) is 0 Å². The molecule has 2 heteroatoms. The highest BCUT2D eigenvalue weighted by molar-refractivity contribution is 5.26. The molecule has 0 fully saturated rings. The van der Waals surface area contributed by atoms with Crippen LogP contribution in [0.1, 0.15) is 29.7 Å². The maximum atomic E-state index is 3.26. The number of nitrogens with zero attached hydrogens (tertiary/aromatic N) is 1. The van der Waals surface area contributed by atoms with Crippen LogP contribution >= 0.6 is 0 Å². The fraction of sp³-hybridized carbons (Fsp3) is 0.333. The van der Waals surface area contributed by atoms with Gasteiger partial charge in [0.25, 0.3) is 0 Å². The minimum atomic E-state index is 0.410. The predicted octanol–water partition coefficient (Wildman–Crippen LogP) is 3.13. The minimum absolute atomic E-state index is 0.410. The lowest BCUT2D eigenvalue weighted by Gasteiger charge is -2.08. The molecule has 0 aliphatic heterocycles. The number of hydrogen-bond acceptors (Lipinski definition) is 1. The molecule has 0 saturated heterocycles. The van der Waals surface area contributed by atoms with E-state index >= 15 is 0 Å². The van der Waals surface area contributed by atoms with Crippen LogP contribution in [0.4, 0.5) is 0 Å². The Balaban J connectivity index is 2.14.